The van der Waals surface area contributed by atoms with Gasteiger partial charge in [-0.2, -0.15) is 0 Å². The summed E-state index contributed by atoms with van der Waals surface area (Å²) in [6.45, 7) is 2.10. The highest BCUT2D eigenvalue weighted by atomic mass is 14.6. The van der Waals surface area contributed by atoms with Gasteiger partial charge in [-0.25, -0.2) is 0 Å². The molecule has 2 N–H and O–H groups in total. The molecule has 0 saturated carbocycles. The molecule has 0 fully saturated rings. The lowest BCUT2D eigenvalue weighted by Gasteiger charge is -2.11. The first-order chi connectivity index (χ1) is 6.83. The van der Waals surface area contributed by atoms with Crippen LogP contribution in [0.25, 0.3) is 10.8 Å². The first-order valence-electron chi connectivity index (χ1n) is 4.91. The molecule has 0 aliphatic rings. The van der Waals surface area contributed by atoms with Gasteiger partial charge in [0.2, 0.25) is 0 Å². The molecule has 72 valence electrons. The number of hydrogen-bond donors (Lipinski definition) is 1. The minimum atomic E-state index is 0.114. The summed E-state index contributed by atoms with van der Waals surface area (Å²) in [5.41, 5.74) is 7.23. The zero-order chi connectivity index (χ0) is 9.97. The van der Waals surface area contributed by atoms with Gasteiger partial charge in [-0.1, -0.05) is 25.1 Å². The van der Waals surface area contributed by atoms with Gasteiger partial charge in [0.1, 0.15) is 0 Å². The third kappa shape index (κ3) is 1.49. The maximum Gasteiger partial charge on any atom is 0.0349 e. The van der Waals surface area contributed by atoms with Crippen LogP contribution in [-0.2, 0) is 0 Å². The van der Waals surface area contributed by atoms with Crippen LogP contribution in [0.5, 0.6) is 0 Å². The number of fused-ring (bicyclic) bond motifs is 1. The Labute approximate surface area is 83.8 Å². The van der Waals surface area contributed by atoms with E-state index >= 15 is 0 Å². The SMILES string of the molecule is CCC(N)c1cccc2ccncc12. The molecule has 2 aromatic rings. The standard InChI is InChI=1S/C12H14N2/c1-2-12(13)10-5-3-4-9-6-7-14-8-11(9)10/h3-8,12H,2,13H2,1H3. The Morgan fingerprint density at radius 1 is 1.36 bits per heavy atom. The highest BCUT2D eigenvalue weighted by Gasteiger charge is 2.06. The van der Waals surface area contributed by atoms with Crippen LogP contribution in [0.2, 0.25) is 0 Å². The second-order valence-electron chi connectivity index (χ2n) is 3.46. The third-order valence-electron chi connectivity index (χ3n) is 2.56. The van der Waals surface area contributed by atoms with Crippen LogP contribution in [0.1, 0.15) is 24.9 Å². The summed E-state index contributed by atoms with van der Waals surface area (Å²) in [6.07, 6.45) is 4.65. The summed E-state index contributed by atoms with van der Waals surface area (Å²) in [7, 11) is 0. The highest BCUT2D eigenvalue weighted by Crippen LogP contribution is 2.23. The van der Waals surface area contributed by atoms with Crippen molar-refractivity contribution in [1.29, 1.82) is 0 Å². The van der Waals surface area contributed by atoms with E-state index in [0.717, 1.165) is 6.42 Å². The topological polar surface area (TPSA) is 38.9 Å². The minimum absolute atomic E-state index is 0.114. The van der Waals surface area contributed by atoms with E-state index in [9.17, 15) is 0 Å². The van der Waals surface area contributed by atoms with Gasteiger partial charge in [0.05, 0.1) is 0 Å². The van der Waals surface area contributed by atoms with Crippen LogP contribution < -0.4 is 5.73 Å². The second-order valence-corrected chi connectivity index (χ2v) is 3.46. The molecule has 0 aliphatic carbocycles. The van der Waals surface area contributed by atoms with Crippen LogP contribution >= 0.6 is 0 Å². The number of pyridine rings is 1. The van der Waals surface area contributed by atoms with Gasteiger partial charge in [0, 0.05) is 23.8 Å². The summed E-state index contributed by atoms with van der Waals surface area (Å²) in [6, 6.07) is 8.35. The van der Waals surface area contributed by atoms with Crippen molar-refractivity contribution in [3.8, 4) is 0 Å². The van der Waals surface area contributed by atoms with E-state index in [1.54, 1.807) is 0 Å². The van der Waals surface area contributed by atoms with Crippen molar-refractivity contribution in [3.05, 3.63) is 42.2 Å². The Morgan fingerprint density at radius 2 is 2.21 bits per heavy atom. The fourth-order valence-corrected chi connectivity index (χ4v) is 1.68. The van der Waals surface area contributed by atoms with Crippen LogP contribution in [0.4, 0.5) is 0 Å². The fraction of sp³-hybridized carbons (Fsp3) is 0.250. The second kappa shape index (κ2) is 3.76. The molecule has 1 aromatic heterocycles. The molecule has 1 atom stereocenters. The first-order valence-corrected chi connectivity index (χ1v) is 4.91. The maximum absolute atomic E-state index is 6.03. The molecule has 0 aliphatic heterocycles. The van der Waals surface area contributed by atoms with E-state index in [1.165, 1.54) is 16.3 Å². The van der Waals surface area contributed by atoms with E-state index in [4.69, 9.17) is 5.73 Å². The van der Waals surface area contributed by atoms with Gasteiger partial charge in [-0.15, -0.1) is 0 Å². The summed E-state index contributed by atoms with van der Waals surface area (Å²) in [4.78, 5) is 4.13. The quantitative estimate of drug-likeness (QED) is 0.783. The van der Waals surface area contributed by atoms with Crippen LogP contribution in [0, 0.1) is 0 Å². The number of aromatic nitrogens is 1. The largest absolute Gasteiger partial charge is 0.324 e. The molecule has 0 bridgehead atoms. The smallest absolute Gasteiger partial charge is 0.0349 e. The molecular weight excluding hydrogens is 172 g/mol. The number of rotatable bonds is 2. The van der Waals surface area contributed by atoms with Gasteiger partial charge < -0.3 is 5.73 Å². The zero-order valence-corrected chi connectivity index (χ0v) is 8.27. The minimum Gasteiger partial charge on any atom is -0.324 e. The fourth-order valence-electron chi connectivity index (χ4n) is 1.68. The van der Waals surface area contributed by atoms with Gasteiger partial charge in [-0.05, 0) is 23.4 Å². The van der Waals surface area contributed by atoms with Crippen molar-refractivity contribution in [1.82, 2.24) is 4.98 Å². The molecule has 2 rings (SSSR count). The summed E-state index contributed by atoms with van der Waals surface area (Å²) in [5.74, 6) is 0. The summed E-state index contributed by atoms with van der Waals surface area (Å²) in [5, 5.41) is 2.38. The number of nitrogens with zero attached hydrogens (tertiary/aromatic N) is 1. The Bertz CT molecular complexity index is 432. The van der Waals surface area contributed by atoms with Gasteiger partial charge in [-0.3, -0.25) is 4.98 Å². The Kier molecular flexibility index (Phi) is 2.46. The molecule has 2 nitrogen and oxygen atoms in total. The molecule has 1 unspecified atom stereocenters. The summed E-state index contributed by atoms with van der Waals surface area (Å²) < 4.78 is 0. The molecule has 1 heterocycles. The van der Waals surface area contributed by atoms with Crippen LogP contribution in [0.3, 0.4) is 0 Å². The molecule has 2 heteroatoms. The number of nitrogens with two attached hydrogens (primary N) is 1. The Morgan fingerprint density at radius 3 is 3.00 bits per heavy atom. The highest BCUT2D eigenvalue weighted by molar-refractivity contribution is 5.85. The van der Waals surface area contributed by atoms with E-state index in [-0.39, 0.29) is 6.04 Å². The number of benzene rings is 1. The maximum atomic E-state index is 6.03. The van der Waals surface area contributed by atoms with Gasteiger partial charge in [0.25, 0.3) is 0 Å². The molecular formula is C12H14N2. The third-order valence-corrected chi connectivity index (χ3v) is 2.56. The molecule has 1 aromatic carbocycles. The first kappa shape index (κ1) is 9.16. The molecule has 0 radical (unpaired) electrons. The van der Waals surface area contributed by atoms with E-state index in [0.29, 0.717) is 0 Å². The Hall–Kier alpha value is -1.41. The number of hydrogen-bond acceptors (Lipinski definition) is 2. The predicted octanol–water partition coefficient (Wildman–Crippen LogP) is 2.64. The van der Waals surface area contributed by atoms with Crippen molar-refractivity contribution in [3.63, 3.8) is 0 Å². The molecule has 0 saturated heterocycles. The van der Waals surface area contributed by atoms with E-state index in [2.05, 4.69) is 24.0 Å². The lowest BCUT2D eigenvalue weighted by molar-refractivity contribution is 0.704. The van der Waals surface area contributed by atoms with Crippen molar-refractivity contribution in [2.24, 2.45) is 5.73 Å². The molecule has 0 amide bonds. The molecule has 0 spiro atoms. The lowest BCUT2D eigenvalue weighted by atomic mass is 9.99. The molecule has 14 heavy (non-hydrogen) atoms. The zero-order valence-electron chi connectivity index (χ0n) is 8.27. The van der Waals surface area contributed by atoms with Crippen molar-refractivity contribution < 1.29 is 0 Å². The van der Waals surface area contributed by atoms with E-state index < -0.39 is 0 Å². The van der Waals surface area contributed by atoms with Gasteiger partial charge >= 0.3 is 0 Å². The van der Waals surface area contributed by atoms with Crippen LogP contribution in [-0.4, -0.2) is 4.98 Å². The average Bonchev–Trinajstić information content (AvgIpc) is 2.27. The van der Waals surface area contributed by atoms with Crippen molar-refractivity contribution in [2.75, 3.05) is 0 Å². The monoisotopic (exact) mass is 186 g/mol. The lowest BCUT2D eigenvalue weighted by Crippen LogP contribution is -2.08. The average molecular weight is 186 g/mol. The Balaban J connectivity index is 2.65. The normalized spacial score (nSPS) is 13.0. The van der Waals surface area contributed by atoms with Crippen molar-refractivity contribution in [2.45, 2.75) is 19.4 Å². The summed E-state index contributed by atoms with van der Waals surface area (Å²) >= 11 is 0. The van der Waals surface area contributed by atoms with E-state index in [1.807, 2.05) is 24.5 Å². The van der Waals surface area contributed by atoms with Crippen LogP contribution in [0.15, 0.2) is 36.7 Å². The van der Waals surface area contributed by atoms with Crippen molar-refractivity contribution >= 4 is 10.8 Å². The van der Waals surface area contributed by atoms with Gasteiger partial charge in [0.15, 0.2) is 0 Å². The predicted molar refractivity (Wildman–Crippen MR) is 59.0 cm³/mol.